The zero-order valence-electron chi connectivity index (χ0n) is 16.3. The topological polar surface area (TPSA) is 92.6 Å². The Morgan fingerprint density at radius 1 is 0.935 bits per heavy atom. The van der Waals surface area contributed by atoms with E-state index in [1.165, 1.54) is 42.5 Å². The quantitative estimate of drug-likeness (QED) is 0.376. The normalized spacial score (nSPS) is 13.7. The van der Waals surface area contributed by atoms with Crippen molar-refractivity contribution in [1.82, 2.24) is 0 Å². The molecule has 0 radical (unpaired) electrons. The maximum Gasteiger partial charge on any atom is 0.282 e. The van der Waals surface area contributed by atoms with E-state index in [0.29, 0.717) is 16.9 Å². The molecular weight excluding hydrogens is 401 g/mol. The Kier molecular flexibility index (Phi) is 5.04. The number of carbonyl (C=O) groups is 2. The van der Waals surface area contributed by atoms with Crippen molar-refractivity contribution in [2.45, 2.75) is 6.92 Å². The molecule has 0 fully saturated rings. The van der Waals surface area contributed by atoms with Crippen LogP contribution in [0.4, 0.5) is 21.5 Å². The van der Waals surface area contributed by atoms with Gasteiger partial charge in [0.25, 0.3) is 17.5 Å². The molecule has 31 heavy (non-hydrogen) atoms. The molecule has 1 aliphatic heterocycles. The summed E-state index contributed by atoms with van der Waals surface area (Å²) in [4.78, 5) is 38.0. The van der Waals surface area contributed by atoms with Gasteiger partial charge >= 0.3 is 0 Å². The first-order valence-electron chi connectivity index (χ1n) is 9.32. The Bertz CT molecular complexity index is 1250. The van der Waals surface area contributed by atoms with E-state index in [1.807, 2.05) is 13.0 Å². The zero-order chi connectivity index (χ0) is 22.1. The molecule has 2 amide bonds. The van der Waals surface area contributed by atoms with E-state index in [2.05, 4.69) is 5.32 Å². The number of nitrogens with zero attached hydrogens (tertiary/aromatic N) is 2. The predicted molar refractivity (Wildman–Crippen MR) is 114 cm³/mol. The molecule has 0 unspecified atom stereocenters. The monoisotopic (exact) mass is 417 g/mol. The SMILES string of the molecule is Cc1cccc(N2C(=O)C(Nc3cccc(F)c3)=C(c3ccc([N+](=O)[O-])cc3)C2=O)c1. The minimum atomic E-state index is -0.604. The number of carbonyl (C=O) groups excluding carboxylic acids is 2. The van der Waals surface area contributed by atoms with Crippen molar-refractivity contribution < 1.29 is 18.9 Å². The lowest BCUT2D eigenvalue weighted by molar-refractivity contribution is -0.384. The van der Waals surface area contributed by atoms with Gasteiger partial charge in [-0.15, -0.1) is 0 Å². The molecule has 154 valence electrons. The molecule has 3 aromatic carbocycles. The second kappa shape index (κ2) is 7.83. The third-order valence-corrected chi connectivity index (χ3v) is 4.80. The van der Waals surface area contributed by atoms with E-state index in [-0.39, 0.29) is 17.0 Å². The number of amides is 2. The van der Waals surface area contributed by atoms with Gasteiger partial charge in [0.2, 0.25) is 0 Å². The van der Waals surface area contributed by atoms with Crippen molar-refractivity contribution in [2.24, 2.45) is 0 Å². The van der Waals surface area contributed by atoms with Gasteiger partial charge in [-0.05, 0) is 60.5 Å². The molecule has 0 aliphatic carbocycles. The Labute approximate surface area is 176 Å². The second-order valence-corrected chi connectivity index (χ2v) is 6.97. The smallest absolute Gasteiger partial charge is 0.282 e. The molecule has 0 saturated heterocycles. The molecule has 0 bridgehead atoms. The highest BCUT2D eigenvalue weighted by atomic mass is 19.1. The van der Waals surface area contributed by atoms with Gasteiger partial charge in [-0.3, -0.25) is 19.7 Å². The molecule has 0 spiro atoms. The Morgan fingerprint density at radius 2 is 1.65 bits per heavy atom. The number of nitrogens with one attached hydrogen (secondary N) is 1. The van der Waals surface area contributed by atoms with E-state index in [9.17, 15) is 24.1 Å². The summed E-state index contributed by atoms with van der Waals surface area (Å²) in [5.74, 6) is -1.69. The summed E-state index contributed by atoms with van der Waals surface area (Å²) in [6, 6.07) is 17.8. The molecule has 7 nitrogen and oxygen atoms in total. The lowest BCUT2D eigenvalue weighted by Gasteiger charge is -2.16. The number of nitro groups is 1. The summed E-state index contributed by atoms with van der Waals surface area (Å²) in [6.45, 7) is 1.84. The van der Waals surface area contributed by atoms with Crippen LogP contribution >= 0.6 is 0 Å². The van der Waals surface area contributed by atoms with Crippen LogP contribution in [-0.4, -0.2) is 16.7 Å². The minimum Gasteiger partial charge on any atom is -0.350 e. The van der Waals surface area contributed by atoms with Gasteiger partial charge in [0.15, 0.2) is 0 Å². The lowest BCUT2D eigenvalue weighted by Crippen LogP contribution is -2.32. The van der Waals surface area contributed by atoms with Crippen molar-refractivity contribution in [3.05, 3.63) is 106 Å². The van der Waals surface area contributed by atoms with Gasteiger partial charge in [0.1, 0.15) is 11.5 Å². The summed E-state index contributed by atoms with van der Waals surface area (Å²) in [5, 5.41) is 13.8. The summed E-state index contributed by atoms with van der Waals surface area (Å²) in [6.07, 6.45) is 0. The summed E-state index contributed by atoms with van der Waals surface area (Å²) < 4.78 is 13.7. The van der Waals surface area contributed by atoms with Crippen LogP contribution in [0.3, 0.4) is 0 Å². The van der Waals surface area contributed by atoms with Gasteiger partial charge < -0.3 is 5.32 Å². The number of benzene rings is 3. The van der Waals surface area contributed by atoms with E-state index in [0.717, 1.165) is 10.5 Å². The minimum absolute atomic E-state index is 0.0361. The molecule has 1 N–H and O–H groups in total. The fraction of sp³-hybridized carbons (Fsp3) is 0.0435. The maximum atomic E-state index is 13.7. The van der Waals surface area contributed by atoms with Crippen LogP contribution in [0.1, 0.15) is 11.1 Å². The van der Waals surface area contributed by atoms with Gasteiger partial charge in [0, 0.05) is 17.8 Å². The van der Waals surface area contributed by atoms with Crippen LogP contribution < -0.4 is 10.2 Å². The number of nitro benzene ring substituents is 1. The third-order valence-electron chi connectivity index (χ3n) is 4.80. The first-order chi connectivity index (χ1) is 14.8. The largest absolute Gasteiger partial charge is 0.350 e. The highest BCUT2D eigenvalue weighted by Crippen LogP contribution is 2.34. The highest BCUT2D eigenvalue weighted by molar-refractivity contribution is 6.46. The van der Waals surface area contributed by atoms with Crippen molar-refractivity contribution in [1.29, 1.82) is 0 Å². The van der Waals surface area contributed by atoms with Crippen LogP contribution in [0.5, 0.6) is 0 Å². The van der Waals surface area contributed by atoms with Crippen LogP contribution in [0.2, 0.25) is 0 Å². The summed E-state index contributed by atoms with van der Waals surface area (Å²) >= 11 is 0. The molecule has 1 aliphatic rings. The fourth-order valence-electron chi connectivity index (χ4n) is 3.38. The first kappa shape index (κ1) is 20.0. The molecule has 4 rings (SSSR count). The van der Waals surface area contributed by atoms with Gasteiger partial charge in [-0.25, -0.2) is 9.29 Å². The van der Waals surface area contributed by atoms with Crippen molar-refractivity contribution in [2.75, 3.05) is 10.2 Å². The zero-order valence-corrected chi connectivity index (χ0v) is 16.3. The number of anilines is 2. The number of aryl methyl sites for hydroxylation is 1. The van der Waals surface area contributed by atoms with Gasteiger partial charge in [-0.1, -0.05) is 18.2 Å². The second-order valence-electron chi connectivity index (χ2n) is 6.97. The number of non-ortho nitro benzene ring substituents is 1. The lowest BCUT2D eigenvalue weighted by atomic mass is 10.0. The predicted octanol–water partition coefficient (Wildman–Crippen LogP) is 4.44. The van der Waals surface area contributed by atoms with Crippen LogP contribution in [0.25, 0.3) is 5.57 Å². The standard InChI is InChI=1S/C23H16FN3O4/c1-14-4-2-7-19(12-14)26-22(28)20(15-8-10-18(11-9-15)27(30)31)21(23(26)29)25-17-6-3-5-16(24)13-17/h2-13,25H,1H3. The average molecular weight is 417 g/mol. The van der Waals surface area contributed by atoms with Gasteiger partial charge in [0.05, 0.1) is 16.2 Å². The molecular formula is C23H16FN3O4. The van der Waals surface area contributed by atoms with E-state index >= 15 is 0 Å². The highest BCUT2D eigenvalue weighted by Gasteiger charge is 2.40. The Hall–Kier alpha value is -4.33. The number of halogens is 1. The van der Waals surface area contributed by atoms with E-state index in [4.69, 9.17) is 0 Å². The maximum absolute atomic E-state index is 13.7. The van der Waals surface area contributed by atoms with Crippen molar-refractivity contribution >= 4 is 34.4 Å². The number of hydrogen-bond donors (Lipinski definition) is 1. The van der Waals surface area contributed by atoms with Crippen molar-refractivity contribution in [3.8, 4) is 0 Å². The molecule has 0 atom stereocenters. The molecule has 8 heteroatoms. The van der Waals surface area contributed by atoms with Crippen LogP contribution in [0, 0.1) is 22.9 Å². The Balaban J connectivity index is 1.83. The molecule has 1 heterocycles. The number of imide groups is 1. The van der Waals surface area contributed by atoms with E-state index < -0.39 is 22.6 Å². The summed E-state index contributed by atoms with van der Waals surface area (Å²) in [5.41, 5.74) is 1.75. The van der Waals surface area contributed by atoms with Crippen molar-refractivity contribution in [3.63, 3.8) is 0 Å². The van der Waals surface area contributed by atoms with Crippen LogP contribution in [0.15, 0.2) is 78.5 Å². The third kappa shape index (κ3) is 3.78. The number of hydrogen-bond acceptors (Lipinski definition) is 5. The number of rotatable bonds is 5. The average Bonchev–Trinajstić information content (AvgIpc) is 2.97. The first-order valence-corrected chi connectivity index (χ1v) is 9.32. The molecule has 0 saturated carbocycles. The molecule has 0 aromatic heterocycles. The van der Waals surface area contributed by atoms with Gasteiger partial charge in [-0.2, -0.15) is 0 Å². The molecule has 3 aromatic rings. The van der Waals surface area contributed by atoms with Crippen LogP contribution in [-0.2, 0) is 9.59 Å². The van der Waals surface area contributed by atoms with E-state index in [1.54, 1.807) is 24.3 Å². The summed E-state index contributed by atoms with van der Waals surface area (Å²) in [7, 11) is 0. The fourth-order valence-corrected chi connectivity index (χ4v) is 3.38. The Morgan fingerprint density at radius 3 is 2.29 bits per heavy atom.